The Kier molecular flexibility index (Phi) is 5.64. The minimum absolute atomic E-state index is 0.0477. The van der Waals surface area contributed by atoms with E-state index in [0.717, 1.165) is 5.56 Å². The fraction of sp³-hybridized carbons (Fsp3) is 0.556. The lowest BCUT2D eigenvalue weighted by molar-refractivity contribution is -0.180. The third-order valence-electron chi connectivity index (χ3n) is 5.37. The van der Waals surface area contributed by atoms with E-state index >= 15 is 0 Å². The fourth-order valence-corrected chi connectivity index (χ4v) is 4.03. The molecule has 0 radical (unpaired) electrons. The molecule has 2 aliphatic rings. The number of amides is 2. The predicted molar refractivity (Wildman–Crippen MR) is 95.7 cm³/mol. The minimum Gasteiger partial charge on any atom is -0.355 e. The normalized spacial score (nSPS) is 24.0. The molecule has 2 atom stereocenters. The van der Waals surface area contributed by atoms with Gasteiger partial charge in [0.15, 0.2) is 0 Å². The first-order chi connectivity index (χ1) is 12.7. The van der Waals surface area contributed by atoms with Crippen LogP contribution in [0, 0.1) is 11.8 Å². The summed E-state index contributed by atoms with van der Waals surface area (Å²) in [5, 5.41) is 2.89. The van der Waals surface area contributed by atoms with Gasteiger partial charge in [0.05, 0.1) is 11.3 Å². The van der Waals surface area contributed by atoms with Crippen molar-refractivity contribution in [1.82, 2.24) is 10.2 Å². The molecule has 1 saturated carbocycles. The number of hydrogen-bond acceptors (Lipinski definition) is 2. The van der Waals surface area contributed by atoms with Gasteiger partial charge < -0.3 is 10.2 Å². The molecule has 0 aromatic heterocycles. The highest BCUT2D eigenvalue weighted by Gasteiger charge is 2.57. The Morgan fingerprint density at radius 1 is 1.26 bits per heavy atom. The number of hydrogen-bond donors (Lipinski definition) is 1. The van der Waals surface area contributed by atoms with Crippen LogP contribution in [0.3, 0.4) is 0 Å². The molecule has 0 bridgehead atoms. The zero-order valence-electron chi connectivity index (χ0n) is 14.4. The molecule has 1 aromatic carbocycles. The molecule has 1 aliphatic carbocycles. The molecular weight excluding hydrogens is 404 g/mol. The first-order valence-electron chi connectivity index (χ1n) is 8.62. The topological polar surface area (TPSA) is 49.4 Å². The van der Waals surface area contributed by atoms with Crippen molar-refractivity contribution in [3.05, 3.63) is 34.9 Å². The standard InChI is InChI=1S/C18H19Cl2F3N2O2/c19-7-15(26)24-8-11-9-25(10-14(11)18(21,22)23)16(27)17(4-5-17)12-2-1-3-13(20)6-12/h1-3,6,11,14H,4-5,7-10H2,(H,24,26). The number of alkyl halides is 4. The molecule has 148 valence electrons. The molecule has 2 unspecified atom stereocenters. The lowest BCUT2D eigenvalue weighted by Gasteiger charge is -2.24. The molecule has 2 fully saturated rings. The molecule has 9 heteroatoms. The highest BCUT2D eigenvalue weighted by Crippen LogP contribution is 2.51. The third kappa shape index (κ3) is 4.19. The summed E-state index contributed by atoms with van der Waals surface area (Å²) >= 11 is 11.4. The van der Waals surface area contributed by atoms with Crippen molar-refractivity contribution < 1.29 is 22.8 Å². The second kappa shape index (κ2) is 7.51. The lowest BCUT2D eigenvalue weighted by atomic mass is 9.94. The molecule has 4 nitrogen and oxygen atoms in total. The molecule has 1 aliphatic heterocycles. The number of likely N-dealkylation sites (tertiary alicyclic amines) is 1. The van der Waals surface area contributed by atoms with E-state index in [1.165, 1.54) is 4.90 Å². The van der Waals surface area contributed by atoms with Gasteiger partial charge in [-0.2, -0.15) is 13.2 Å². The quantitative estimate of drug-likeness (QED) is 0.739. The molecule has 1 aromatic rings. The number of benzene rings is 1. The lowest BCUT2D eigenvalue weighted by Crippen LogP contribution is -2.39. The van der Waals surface area contributed by atoms with Crippen molar-refractivity contribution in [2.24, 2.45) is 11.8 Å². The molecule has 1 heterocycles. The van der Waals surface area contributed by atoms with Crippen molar-refractivity contribution in [2.75, 3.05) is 25.5 Å². The van der Waals surface area contributed by atoms with E-state index in [2.05, 4.69) is 5.32 Å². The Morgan fingerprint density at radius 3 is 2.52 bits per heavy atom. The number of carbonyl (C=O) groups excluding carboxylic acids is 2. The van der Waals surface area contributed by atoms with Gasteiger partial charge in [-0.05, 0) is 30.5 Å². The molecular formula is C18H19Cl2F3N2O2. The van der Waals surface area contributed by atoms with Gasteiger partial charge in [-0.3, -0.25) is 9.59 Å². The maximum atomic E-state index is 13.4. The first-order valence-corrected chi connectivity index (χ1v) is 9.53. The van der Waals surface area contributed by atoms with Crippen molar-refractivity contribution in [3.8, 4) is 0 Å². The van der Waals surface area contributed by atoms with Crippen molar-refractivity contribution in [2.45, 2.75) is 24.4 Å². The van der Waals surface area contributed by atoms with Crippen LogP contribution in [0.4, 0.5) is 13.2 Å². The SMILES string of the molecule is O=C(CCl)NCC1CN(C(=O)C2(c3cccc(Cl)c3)CC2)CC1C(F)(F)F. The van der Waals surface area contributed by atoms with Crippen molar-refractivity contribution in [3.63, 3.8) is 0 Å². The third-order valence-corrected chi connectivity index (χ3v) is 5.85. The smallest absolute Gasteiger partial charge is 0.355 e. The Hall–Kier alpha value is -1.47. The first kappa shape index (κ1) is 20.3. The van der Waals surface area contributed by atoms with Gasteiger partial charge in [-0.15, -0.1) is 11.6 Å². The van der Waals surface area contributed by atoms with Crippen LogP contribution in [0.1, 0.15) is 18.4 Å². The Labute approximate surface area is 165 Å². The van der Waals surface area contributed by atoms with Crippen LogP contribution in [0.25, 0.3) is 0 Å². The van der Waals surface area contributed by atoms with Crippen LogP contribution < -0.4 is 5.32 Å². The average Bonchev–Trinajstić information content (AvgIpc) is 3.31. The van der Waals surface area contributed by atoms with E-state index in [9.17, 15) is 22.8 Å². The number of rotatable bonds is 5. The summed E-state index contributed by atoms with van der Waals surface area (Å²) in [4.78, 5) is 25.7. The van der Waals surface area contributed by atoms with E-state index in [1.54, 1.807) is 24.3 Å². The second-order valence-electron chi connectivity index (χ2n) is 7.15. The molecule has 1 N–H and O–H groups in total. The largest absolute Gasteiger partial charge is 0.393 e. The van der Waals surface area contributed by atoms with Crippen LogP contribution >= 0.6 is 23.2 Å². The molecule has 27 heavy (non-hydrogen) atoms. The monoisotopic (exact) mass is 422 g/mol. The highest BCUT2D eigenvalue weighted by molar-refractivity contribution is 6.30. The number of halogens is 5. The Bertz CT molecular complexity index is 738. The van der Waals surface area contributed by atoms with E-state index in [4.69, 9.17) is 23.2 Å². The van der Waals surface area contributed by atoms with E-state index < -0.39 is 35.9 Å². The van der Waals surface area contributed by atoms with Crippen LogP contribution in [-0.4, -0.2) is 48.4 Å². The van der Waals surface area contributed by atoms with Crippen molar-refractivity contribution in [1.29, 1.82) is 0 Å². The highest BCUT2D eigenvalue weighted by atomic mass is 35.5. The Balaban J connectivity index is 1.76. The average molecular weight is 423 g/mol. The van der Waals surface area contributed by atoms with Crippen LogP contribution in [0.5, 0.6) is 0 Å². The molecule has 1 saturated heterocycles. The van der Waals surface area contributed by atoms with Gasteiger partial charge in [0.25, 0.3) is 0 Å². The summed E-state index contributed by atoms with van der Waals surface area (Å²) in [7, 11) is 0. The van der Waals surface area contributed by atoms with Crippen LogP contribution in [0.2, 0.25) is 5.02 Å². The van der Waals surface area contributed by atoms with Crippen LogP contribution in [0.15, 0.2) is 24.3 Å². The number of nitrogens with one attached hydrogen (secondary N) is 1. The summed E-state index contributed by atoms with van der Waals surface area (Å²) in [6.45, 7) is -0.608. The van der Waals surface area contributed by atoms with E-state index in [0.29, 0.717) is 17.9 Å². The fourth-order valence-electron chi connectivity index (χ4n) is 3.75. The van der Waals surface area contributed by atoms with Gasteiger partial charge in [0.2, 0.25) is 11.8 Å². The summed E-state index contributed by atoms with van der Waals surface area (Å²) in [6.07, 6.45) is -3.27. The molecule has 3 rings (SSSR count). The Morgan fingerprint density at radius 2 is 1.96 bits per heavy atom. The zero-order chi connectivity index (χ0) is 19.8. The maximum Gasteiger partial charge on any atom is 0.393 e. The van der Waals surface area contributed by atoms with Gasteiger partial charge in [-0.25, -0.2) is 0 Å². The van der Waals surface area contributed by atoms with Gasteiger partial charge in [-0.1, -0.05) is 23.7 Å². The number of nitrogens with zero attached hydrogens (tertiary/aromatic N) is 1. The van der Waals surface area contributed by atoms with E-state index in [-0.39, 0.29) is 24.9 Å². The van der Waals surface area contributed by atoms with E-state index in [1.807, 2.05) is 0 Å². The summed E-state index contributed by atoms with van der Waals surface area (Å²) < 4.78 is 40.3. The summed E-state index contributed by atoms with van der Waals surface area (Å²) in [5.41, 5.74) is -0.0440. The summed E-state index contributed by atoms with van der Waals surface area (Å²) in [5.74, 6) is -3.71. The second-order valence-corrected chi connectivity index (χ2v) is 7.85. The minimum atomic E-state index is -4.45. The van der Waals surface area contributed by atoms with Gasteiger partial charge in [0, 0.05) is 30.6 Å². The van der Waals surface area contributed by atoms with Gasteiger partial charge >= 0.3 is 6.18 Å². The predicted octanol–water partition coefficient (Wildman–Crippen LogP) is 3.36. The summed E-state index contributed by atoms with van der Waals surface area (Å²) in [6, 6.07) is 6.91. The zero-order valence-corrected chi connectivity index (χ0v) is 15.9. The van der Waals surface area contributed by atoms with Crippen LogP contribution in [-0.2, 0) is 15.0 Å². The maximum absolute atomic E-state index is 13.4. The van der Waals surface area contributed by atoms with Gasteiger partial charge in [0.1, 0.15) is 5.88 Å². The van der Waals surface area contributed by atoms with Crippen molar-refractivity contribution >= 4 is 35.0 Å². The molecule has 0 spiro atoms. The number of carbonyl (C=O) groups is 2. The molecule has 2 amide bonds.